The molecule has 1 heterocycles. The summed E-state index contributed by atoms with van der Waals surface area (Å²) in [6.45, 7) is 4.07. The third-order valence-corrected chi connectivity index (χ3v) is 6.03. The number of fused-ring (bicyclic) bond motifs is 1. The maximum absolute atomic E-state index is 14.6. The van der Waals surface area contributed by atoms with Crippen molar-refractivity contribution in [1.82, 2.24) is 9.55 Å². The van der Waals surface area contributed by atoms with E-state index in [9.17, 15) is 18.4 Å². The van der Waals surface area contributed by atoms with Gasteiger partial charge in [-0.25, -0.2) is 13.8 Å². The van der Waals surface area contributed by atoms with Crippen LogP contribution in [-0.4, -0.2) is 27.3 Å². The fraction of sp³-hybridized carbons (Fsp3) is 0.160. The van der Waals surface area contributed by atoms with Crippen molar-refractivity contribution in [3.63, 3.8) is 0 Å². The predicted octanol–water partition coefficient (Wildman–Crippen LogP) is 5.18. The van der Waals surface area contributed by atoms with Crippen LogP contribution in [0.4, 0.5) is 14.5 Å². The number of halogens is 2. The van der Waals surface area contributed by atoms with E-state index in [1.807, 2.05) is 6.92 Å². The van der Waals surface area contributed by atoms with Crippen molar-refractivity contribution >= 4 is 34.3 Å². The predicted molar refractivity (Wildman–Crippen MR) is 129 cm³/mol. The zero-order valence-electron chi connectivity index (χ0n) is 18.4. The third kappa shape index (κ3) is 4.94. The summed E-state index contributed by atoms with van der Waals surface area (Å²) < 4.78 is 34.6. The van der Waals surface area contributed by atoms with Crippen LogP contribution in [0.3, 0.4) is 0 Å². The summed E-state index contributed by atoms with van der Waals surface area (Å²) in [6, 6.07) is 16.5. The molecule has 0 radical (unpaired) electrons. The maximum Gasteiger partial charge on any atom is 0.266 e. The van der Waals surface area contributed by atoms with Crippen molar-refractivity contribution in [3.8, 4) is 11.4 Å². The van der Waals surface area contributed by atoms with E-state index in [-0.39, 0.29) is 22.1 Å². The molecule has 4 rings (SSSR count). The van der Waals surface area contributed by atoms with Crippen molar-refractivity contribution in [2.24, 2.45) is 0 Å². The fourth-order valence-electron chi connectivity index (χ4n) is 3.32. The highest BCUT2D eigenvalue weighted by Crippen LogP contribution is 2.27. The minimum atomic E-state index is -0.910. The number of benzene rings is 3. The van der Waals surface area contributed by atoms with Crippen LogP contribution in [0, 0.1) is 11.6 Å². The molecule has 0 saturated heterocycles. The van der Waals surface area contributed by atoms with Gasteiger partial charge in [-0.05, 0) is 62.4 Å². The average molecular weight is 482 g/mol. The molecule has 0 saturated carbocycles. The molecule has 174 valence electrons. The first-order valence-electron chi connectivity index (χ1n) is 10.5. The highest BCUT2D eigenvalue weighted by molar-refractivity contribution is 8.00. The molecular weight excluding hydrogens is 460 g/mol. The van der Waals surface area contributed by atoms with E-state index in [1.54, 1.807) is 55.5 Å². The van der Waals surface area contributed by atoms with Crippen molar-refractivity contribution in [2.75, 3.05) is 11.9 Å². The fourth-order valence-corrected chi connectivity index (χ4v) is 4.24. The number of nitrogens with zero attached hydrogens (tertiary/aromatic N) is 2. The zero-order chi connectivity index (χ0) is 24.2. The first-order valence-corrected chi connectivity index (χ1v) is 11.4. The molecular formula is C25H21F2N3O3S. The number of hydrogen-bond acceptors (Lipinski definition) is 5. The lowest BCUT2D eigenvalue weighted by Gasteiger charge is -2.17. The van der Waals surface area contributed by atoms with E-state index in [0.29, 0.717) is 29.6 Å². The minimum absolute atomic E-state index is 0.114. The van der Waals surface area contributed by atoms with Crippen LogP contribution >= 0.6 is 11.8 Å². The second kappa shape index (κ2) is 10.0. The molecule has 0 aliphatic carbocycles. The number of hydrogen-bond donors (Lipinski definition) is 1. The van der Waals surface area contributed by atoms with Gasteiger partial charge in [-0.1, -0.05) is 23.9 Å². The topological polar surface area (TPSA) is 73.2 Å². The number of carbonyl (C=O) groups is 1. The molecule has 1 atom stereocenters. The highest BCUT2D eigenvalue weighted by Gasteiger charge is 2.22. The summed E-state index contributed by atoms with van der Waals surface area (Å²) in [5.41, 5.74) is 0.325. The summed E-state index contributed by atoms with van der Waals surface area (Å²) in [4.78, 5) is 30.6. The first-order chi connectivity index (χ1) is 16.4. The molecule has 1 aromatic heterocycles. The van der Waals surface area contributed by atoms with Crippen LogP contribution < -0.4 is 15.6 Å². The van der Waals surface area contributed by atoms with Gasteiger partial charge in [0.2, 0.25) is 5.91 Å². The van der Waals surface area contributed by atoms with Gasteiger partial charge >= 0.3 is 0 Å². The molecule has 0 bridgehead atoms. The van der Waals surface area contributed by atoms with Gasteiger partial charge in [0.05, 0.1) is 28.4 Å². The van der Waals surface area contributed by atoms with E-state index in [1.165, 1.54) is 6.07 Å². The quantitative estimate of drug-likeness (QED) is 0.291. The lowest BCUT2D eigenvalue weighted by molar-refractivity contribution is -0.115. The van der Waals surface area contributed by atoms with Crippen LogP contribution in [0.2, 0.25) is 0 Å². The molecule has 0 spiro atoms. The van der Waals surface area contributed by atoms with E-state index in [0.717, 1.165) is 22.4 Å². The third-order valence-electron chi connectivity index (χ3n) is 4.98. The molecule has 4 aromatic rings. The molecule has 1 amide bonds. The number of anilines is 1. The number of amides is 1. The Morgan fingerprint density at radius 1 is 1.12 bits per heavy atom. The standard InChI is InChI=1S/C25H21F2N3O3S/c1-3-33-18-11-9-17(10-12-18)28-23(31)15(2)34-25-29-21-7-5-4-6-19(21)24(32)30(25)22-13-8-16(26)14-20(22)27/h4-15H,3H2,1-2H3,(H,28,31). The Hall–Kier alpha value is -3.72. The van der Waals surface area contributed by atoms with Gasteiger partial charge in [-0.2, -0.15) is 0 Å². The summed E-state index contributed by atoms with van der Waals surface area (Å²) in [5, 5.41) is 2.52. The summed E-state index contributed by atoms with van der Waals surface area (Å²) in [5.74, 6) is -1.32. The van der Waals surface area contributed by atoms with Gasteiger partial charge in [0.15, 0.2) is 5.16 Å². The van der Waals surface area contributed by atoms with E-state index < -0.39 is 22.4 Å². The lowest BCUT2D eigenvalue weighted by Crippen LogP contribution is -2.26. The van der Waals surface area contributed by atoms with Gasteiger partial charge in [-0.3, -0.25) is 14.2 Å². The van der Waals surface area contributed by atoms with Crippen LogP contribution in [0.25, 0.3) is 16.6 Å². The molecule has 1 unspecified atom stereocenters. The number of rotatable bonds is 7. The largest absolute Gasteiger partial charge is 0.494 e. The monoisotopic (exact) mass is 481 g/mol. The van der Waals surface area contributed by atoms with Crippen LogP contribution in [0.15, 0.2) is 76.7 Å². The first kappa shape index (κ1) is 23.4. The van der Waals surface area contributed by atoms with E-state index in [2.05, 4.69) is 10.3 Å². The number of ether oxygens (including phenoxy) is 1. The van der Waals surface area contributed by atoms with Crippen LogP contribution in [-0.2, 0) is 4.79 Å². The number of aromatic nitrogens is 2. The van der Waals surface area contributed by atoms with Gasteiger partial charge in [-0.15, -0.1) is 0 Å². The average Bonchev–Trinajstić information content (AvgIpc) is 2.81. The van der Waals surface area contributed by atoms with Gasteiger partial charge in [0.1, 0.15) is 17.4 Å². The smallest absolute Gasteiger partial charge is 0.266 e. The summed E-state index contributed by atoms with van der Waals surface area (Å²) >= 11 is 1.00. The van der Waals surface area contributed by atoms with Crippen molar-refractivity contribution in [2.45, 2.75) is 24.3 Å². The Morgan fingerprint density at radius 3 is 2.56 bits per heavy atom. The highest BCUT2D eigenvalue weighted by atomic mass is 32.2. The van der Waals surface area contributed by atoms with Gasteiger partial charge < -0.3 is 10.1 Å². The normalized spacial score (nSPS) is 11.9. The Bertz CT molecular complexity index is 1410. The van der Waals surface area contributed by atoms with Crippen LogP contribution in [0.5, 0.6) is 5.75 Å². The lowest BCUT2D eigenvalue weighted by atomic mass is 10.2. The second-order valence-corrected chi connectivity index (χ2v) is 8.66. The van der Waals surface area contributed by atoms with E-state index in [4.69, 9.17) is 4.74 Å². The molecule has 9 heteroatoms. The Labute approximate surface area is 198 Å². The number of carbonyl (C=O) groups excluding carboxylic acids is 1. The molecule has 34 heavy (non-hydrogen) atoms. The number of thioether (sulfide) groups is 1. The van der Waals surface area contributed by atoms with E-state index >= 15 is 0 Å². The summed E-state index contributed by atoms with van der Waals surface area (Å²) in [7, 11) is 0. The second-order valence-electron chi connectivity index (χ2n) is 7.35. The molecule has 6 nitrogen and oxygen atoms in total. The molecule has 3 aromatic carbocycles. The van der Waals surface area contributed by atoms with Crippen molar-refractivity contribution < 1.29 is 18.3 Å². The molecule has 0 aliphatic heterocycles. The maximum atomic E-state index is 14.6. The Morgan fingerprint density at radius 2 is 1.85 bits per heavy atom. The minimum Gasteiger partial charge on any atom is -0.494 e. The summed E-state index contributed by atoms with van der Waals surface area (Å²) in [6.07, 6.45) is 0. The molecule has 1 N–H and O–H groups in total. The SMILES string of the molecule is CCOc1ccc(NC(=O)C(C)Sc2nc3ccccc3c(=O)n2-c2ccc(F)cc2F)cc1. The van der Waals surface area contributed by atoms with Crippen LogP contribution in [0.1, 0.15) is 13.8 Å². The Balaban J connectivity index is 1.67. The molecule has 0 aliphatic rings. The number of para-hydroxylation sites is 1. The van der Waals surface area contributed by atoms with Gasteiger partial charge in [0, 0.05) is 11.8 Å². The molecule has 0 fully saturated rings. The number of nitrogens with one attached hydrogen (secondary N) is 1. The van der Waals surface area contributed by atoms with Crippen molar-refractivity contribution in [3.05, 3.63) is 88.7 Å². The zero-order valence-corrected chi connectivity index (χ0v) is 19.2. The van der Waals surface area contributed by atoms with Crippen molar-refractivity contribution in [1.29, 1.82) is 0 Å². The Kier molecular flexibility index (Phi) is 6.93. The van der Waals surface area contributed by atoms with Gasteiger partial charge in [0.25, 0.3) is 5.56 Å².